The van der Waals surface area contributed by atoms with Crippen LogP contribution >= 0.6 is 11.3 Å². The van der Waals surface area contributed by atoms with Gasteiger partial charge in [0, 0.05) is 23.7 Å². The first-order valence-electron chi connectivity index (χ1n) is 6.69. The molecule has 1 N–H and O–H groups in total. The minimum Gasteiger partial charge on any atom is -0.496 e. The Morgan fingerprint density at radius 3 is 2.33 bits per heavy atom. The van der Waals surface area contributed by atoms with Gasteiger partial charge in [0.2, 0.25) is 0 Å². The van der Waals surface area contributed by atoms with Gasteiger partial charge in [-0.1, -0.05) is 6.92 Å². The molecule has 0 saturated heterocycles. The van der Waals surface area contributed by atoms with Crippen LogP contribution in [0.2, 0.25) is 0 Å². The molecule has 5 nitrogen and oxygen atoms in total. The van der Waals surface area contributed by atoms with Crippen LogP contribution in [0.25, 0.3) is 10.6 Å². The molecule has 0 radical (unpaired) electrons. The molecule has 6 heteroatoms. The first-order valence-corrected chi connectivity index (χ1v) is 7.50. The van der Waals surface area contributed by atoms with E-state index in [1.54, 1.807) is 32.7 Å². The summed E-state index contributed by atoms with van der Waals surface area (Å²) in [5, 5.41) is 4.20. The first kappa shape index (κ1) is 15.6. The Labute approximate surface area is 128 Å². The van der Waals surface area contributed by atoms with E-state index >= 15 is 0 Å². The van der Waals surface area contributed by atoms with Crippen molar-refractivity contribution < 1.29 is 14.2 Å². The Kier molecular flexibility index (Phi) is 5.41. The Bertz CT molecular complexity index is 599. The van der Waals surface area contributed by atoms with Crippen molar-refractivity contribution in [2.45, 2.75) is 13.5 Å². The molecule has 0 aliphatic carbocycles. The van der Waals surface area contributed by atoms with Crippen molar-refractivity contribution in [3.63, 3.8) is 0 Å². The normalized spacial score (nSPS) is 10.5. The predicted molar refractivity (Wildman–Crippen MR) is 84.6 cm³/mol. The zero-order valence-corrected chi connectivity index (χ0v) is 13.5. The second-order valence-corrected chi connectivity index (χ2v) is 5.43. The van der Waals surface area contributed by atoms with Crippen molar-refractivity contribution >= 4 is 11.3 Å². The summed E-state index contributed by atoms with van der Waals surface area (Å²) in [6.45, 7) is 3.84. The number of thiazole rings is 1. The maximum Gasteiger partial charge on any atom is 0.164 e. The summed E-state index contributed by atoms with van der Waals surface area (Å²) in [6, 6.07) is 3.72. The van der Waals surface area contributed by atoms with Crippen LogP contribution in [-0.4, -0.2) is 32.9 Å². The van der Waals surface area contributed by atoms with Crippen LogP contribution in [-0.2, 0) is 6.54 Å². The lowest BCUT2D eigenvalue weighted by atomic mass is 10.2. The van der Waals surface area contributed by atoms with Crippen molar-refractivity contribution in [2.24, 2.45) is 0 Å². The van der Waals surface area contributed by atoms with Crippen molar-refractivity contribution in [3.8, 4) is 27.8 Å². The Morgan fingerprint density at radius 2 is 1.71 bits per heavy atom. The van der Waals surface area contributed by atoms with Crippen LogP contribution in [0.15, 0.2) is 18.3 Å². The van der Waals surface area contributed by atoms with Crippen LogP contribution in [0.5, 0.6) is 17.2 Å². The van der Waals surface area contributed by atoms with Crippen LogP contribution in [0, 0.1) is 0 Å². The summed E-state index contributed by atoms with van der Waals surface area (Å²) >= 11 is 1.64. The highest BCUT2D eigenvalue weighted by Gasteiger charge is 2.16. The highest BCUT2D eigenvalue weighted by molar-refractivity contribution is 7.15. The second-order valence-electron chi connectivity index (χ2n) is 4.32. The number of nitrogens with one attached hydrogen (secondary N) is 1. The molecule has 0 unspecified atom stereocenters. The number of aromatic nitrogens is 1. The van der Waals surface area contributed by atoms with Gasteiger partial charge >= 0.3 is 0 Å². The third kappa shape index (κ3) is 3.46. The molecular formula is C15H20N2O3S. The lowest BCUT2D eigenvalue weighted by molar-refractivity contribution is 0.349. The standard InChI is InChI=1S/C15H20N2O3S/c1-5-16-8-10-9-17-15(21-10)11-6-13(19-3)14(20-4)7-12(11)18-2/h6-7,9,16H,5,8H2,1-4H3. The molecule has 0 spiro atoms. The Balaban J connectivity index is 2.39. The smallest absolute Gasteiger partial charge is 0.164 e. The Morgan fingerprint density at radius 1 is 1.05 bits per heavy atom. The van der Waals surface area contributed by atoms with Gasteiger partial charge in [-0.3, -0.25) is 0 Å². The number of methoxy groups -OCH3 is 3. The second kappa shape index (κ2) is 7.28. The maximum atomic E-state index is 5.45. The molecule has 0 fully saturated rings. The van der Waals surface area contributed by atoms with Gasteiger partial charge in [0.1, 0.15) is 10.8 Å². The van der Waals surface area contributed by atoms with Crippen LogP contribution in [0.3, 0.4) is 0 Å². The number of hydrogen-bond acceptors (Lipinski definition) is 6. The number of hydrogen-bond donors (Lipinski definition) is 1. The third-order valence-electron chi connectivity index (χ3n) is 3.04. The van der Waals surface area contributed by atoms with Crippen LogP contribution in [0.1, 0.15) is 11.8 Å². The summed E-state index contributed by atoms with van der Waals surface area (Å²) in [5.41, 5.74) is 0.905. The molecule has 1 aromatic heterocycles. The number of rotatable bonds is 7. The predicted octanol–water partition coefficient (Wildman–Crippen LogP) is 2.95. The van der Waals surface area contributed by atoms with Gasteiger partial charge in [-0.15, -0.1) is 11.3 Å². The van der Waals surface area contributed by atoms with Crippen LogP contribution < -0.4 is 19.5 Å². The quantitative estimate of drug-likeness (QED) is 0.852. The van der Waals surface area contributed by atoms with E-state index in [-0.39, 0.29) is 0 Å². The molecule has 0 amide bonds. The van der Waals surface area contributed by atoms with Crippen molar-refractivity contribution in [2.75, 3.05) is 27.9 Å². The first-order chi connectivity index (χ1) is 10.2. The molecule has 2 rings (SSSR count). The molecule has 0 aliphatic rings. The molecule has 1 heterocycles. The lowest BCUT2D eigenvalue weighted by Crippen LogP contribution is -2.10. The van der Waals surface area contributed by atoms with E-state index in [9.17, 15) is 0 Å². The van der Waals surface area contributed by atoms with E-state index in [0.717, 1.165) is 29.4 Å². The summed E-state index contributed by atoms with van der Waals surface area (Å²) in [4.78, 5) is 5.66. The van der Waals surface area contributed by atoms with Crippen molar-refractivity contribution in [1.29, 1.82) is 0 Å². The van der Waals surface area contributed by atoms with Crippen LogP contribution in [0.4, 0.5) is 0 Å². The Hall–Kier alpha value is -1.79. The minimum absolute atomic E-state index is 0.641. The van der Waals surface area contributed by atoms with E-state index in [1.165, 1.54) is 4.88 Å². The largest absolute Gasteiger partial charge is 0.496 e. The molecule has 0 aliphatic heterocycles. The number of ether oxygens (including phenoxy) is 3. The zero-order chi connectivity index (χ0) is 15.2. The molecule has 1 aromatic carbocycles. The summed E-state index contributed by atoms with van der Waals surface area (Å²) in [6.07, 6.45) is 1.89. The van der Waals surface area contributed by atoms with Gasteiger partial charge in [0.05, 0.1) is 26.9 Å². The summed E-state index contributed by atoms with van der Waals surface area (Å²) < 4.78 is 16.1. The zero-order valence-electron chi connectivity index (χ0n) is 12.7. The number of nitrogens with zero attached hydrogens (tertiary/aromatic N) is 1. The van der Waals surface area contributed by atoms with Crippen molar-refractivity contribution in [3.05, 3.63) is 23.2 Å². The summed E-state index contributed by atoms with van der Waals surface area (Å²) in [5.74, 6) is 2.02. The maximum absolute atomic E-state index is 5.45. The number of benzene rings is 1. The highest BCUT2D eigenvalue weighted by Crippen LogP contribution is 2.41. The lowest BCUT2D eigenvalue weighted by Gasteiger charge is -2.12. The summed E-state index contributed by atoms with van der Waals surface area (Å²) in [7, 11) is 4.86. The van der Waals surface area contributed by atoms with Gasteiger partial charge in [-0.2, -0.15) is 0 Å². The van der Waals surface area contributed by atoms with Gasteiger partial charge < -0.3 is 19.5 Å². The fourth-order valence-corrected chi connectivity index (χ4v) is 2.86. The fourth-order valence-electron chi connectivity index (χ4n) is 1.96. The van der Waals surface area contributed by atoms with Crippen molar-refractivity contribution in [1.82, 2.24) is 10.3 Å². The molecular weight excluding hydrogens is 288 g/mol. The van der Waals surface area contributed by atoms with Gasteiger partial charge in [0.15, 0.2) is 11.5 Å². The van der Waals surface area contributed by atoms with E-state index in [0.29, 0.717) is 11.5 Å². The van der Waals surface area contributed by atoms with E-state index in [2.05, 4.69) is 17.2 Å². The van der Waals surface area contributed by atoms with Gasteiger partial charge in [0.25, 0.3) is 0 Å². The highest BCUT2D eigenvalue weighted by atomic mass is 32.1. The SMILES string of the molecule is CCNCc1cnc(-c2cc(OC)c(OC)cc2OC)s1. The van der Waals surface area contributed by atoms with E-state index in [1.807, 2.05) is 18.3 Å². The monoisotopic (exact) mass is 308 g/mol. The minimum atomic E-state index is 0.641. The van der Waals surface area contributed by atoms with Gasteiger partial charge in [-0.25, -0.2) is 4.98 Å². The van der Waals surface area contributed by atoms with E-state index in [4.69, 9.17) is 14.2 Å². The topological polar surface area (TPSA) is 52.6 Å². The third-order valence-corrected chi connectivity index (χ3v) is 4.07. The average Bonchev–Trinajstić information content (AvgIpc) is 3.00. The molecule has 0 bridgehead atoms. The molecule has 2 aromatic rings. The molecule has 0 saturated carbocycles. The molecule has 114 valence electrons. The molecule has 0 atom stereocenters. The fraction of sp³-hybridized carbons (Fsp3) is 0.400. The molecule has 21 heavy (non-hydrogen) atoms. The van der Waals surface area contributed by atoms with Gasteiger partial charge in [-0.05, 0) is 12.6 Å². The average molecular weight is 308 g/mol. The van der Waals surface area contributed by atoms with E-state index < -0.39 is 0 Å².